The Balaban J connectivity index is 1.26. The highest BCUT2D eigenvalue weighted by molar-refractivity contribution is 6.04. The Morgan fingerprint density at radius 2 is 2.00 bits per heavy atom. The molecule has 0 aliphatic carbocycles. The van der Waals surface area contributed by atoms with E-state index in [1.807, 2.05) is 24.3 Å². The number of urea groups is 1. The molecule has 3 heterocycles. The Morgan fingerprint density at radius 3 is 2.93 bits per heavy atom. The van der Waals surface area contributed by atoms with Gasteiger partial charge in [-0.15, -0.1) is 0 Å². The molecule has 2 aromatic rings. The first-order chi connectivity index (χ1) is 13.2. The van der Waals surface area contributed by atoms with Gasteiger partial charge in [0.25, 0.3) is 0 Å². The fraction of sp³-hybridized carbons (Fsp3) is 0.263. The molecule has 0 spiro atoms. The first-order valence-corrected chi connectivity index (χ1v) is 8.81. The molecule has 0 radical (unpaired) electrons. The summed E-state index contributed by atoms with van der Waals surface area (Å²) in [7, 11) is 0. The van der Waals surface area contributed by atoms with Crippen molar-refractivity contribution in [2.24, 2.45) is 0 Å². The minimum atomic E-state index is -0.313. The van der Waals surface area contributed by atoms with Gasteiger partial charge in [-0.3, -0.25) is 4.79 Å². The maximum atomic E-state index is 12.4. The molecule has 2 aromatic carbocycles. The average molecular weight is 366 g/mol. The highest BCUT2D eigenvalue weighted by Crippen LogP contribution is 2.37. The summed E-state index contributed by atoms with van der Waals surface area (Å²) in [4.78, 5) is 26.8. The molecule has 3 aliphatic rings. The lowest BCUT2D eigenvalue weighted by molar-refractivity contribution is -0.117. The van der Waals surface area contributed by atoms with E-state index in [2.05, 4.69) is 20.9 Å². The molecular weight excluding hydrogens is 348 g/mol. The Kier molecular flexibility index (Phi) is 3.56. The molecule has 8 heteroatoms. The van der Waals surface area contributed by atoms with Gasteiger partial charge in [0, 0.05) is 18.3 Å². The van der Waals surface area contributed by atoms with Gasteiger partial charge in [-0.25, -0.2) is 4.79 Å². The van der Waals surface area contributed by atoms with E-state index in [1.54, 1.807) is 18.2 Å². The number of para-hydroxylation sites is 2. The molecular formula is C19H18N4O4. The maximum Gasteiger partial charge on any atom is 0.319 e. The van der Waals surface area contributed by atoms with E-state index in [0.29, 0.717) is 30.2 Å². The fourth-order valence-corrected chi connectivity index (χ4v) is 3.83. The average Bonchev–Trinajstić information content (AvgIpc) is 3.28. The number of rotatable bonds is 2. The van der Waals surface area contributed by atoms with Gasteiger partial charge in [-0.2, -0.15) is 0 Å². The third kappa shape index (κ3) is 2.79. The van der Waals surface area contributed by atoms with Gasteiger partial charge in [0.1, 0.15) is 6.04 Å². The Morgan fingerprint density at radius 1 is 1.15 bits per heavy atom. The number of amides is 3. The summed E-state index contributed by atoms with van der Waals surface area (Å²) in [6, 6.07) is 12.2. The molecule has 0 bridgehead atoms. The molecule has 3 amide bonds. The van der Waals surface area contributed by atoms with Crippen molar-refractivity contribution in [2.75, 3.05) is 28.9 Å². The van der Waals surface area contributed by atoms with Gasteiger partial charge in [0.15, 0.2) is 11.5 Å². The third-order valence-electron chi connectivity index (χ3n) is 5.04. The molecule has 8 nitrogen and oxygen atoms in total. The molecule has 2 unspecified atom stereocenters. The van der Waals surface area contributed by atoms with Crippen molar-refractivity contribution in [1.29, 1.82) is 0 Å². The third-order valence-corrected chi connectivity index (χ3v) is 5.04. The van der Waals surface area contributed by atoms with E-state index in [-0.39, 0.29) is 30.8 Å². The summed E-state index contributed by atoms with van der Waals surface area (Å²) in [6.07, 6.45) is 0.564. The van der Waals surface area contributed by atoms with E-state index in [1.165, 1.54) is 0 Å². The standard InChI is InChI=1S/C19H18N4O4/c24-18-15-7-12(9-23(15)14-4-2-1-3-13(14)22-18)21-19(25)20-11-5-6-16-17(8-11)27-10-26-16/h1-6,8,12,15H,7,9-10H2,(H,22,24)(H2,20,21,25). The Labute approximate surface area is 155 Å². The summed E-state index contributed by atoms with van der Waals surface area (Å²) in [5.74, 6) is 1.24. The second-order valence-electron chi connectivity index (χ2n) is 6.77. The zero-order valence-corrected chi connectivity index (χ0v) is 14.4. The fourth-order valence-electron chi connectivity index (χ4n) is 3.83. The van der Waals surface area contributed by atoms with Gasteiger partial charge >= 0.3 is 6.03 Å². The van der Waals surface area contributed by atoms with E-state index < -0.39 is 0 Å². The summed E-state index contributed by atoms with van der Waals surface area (Å²) in [5, 5.41) is 8.70. The molecule has 0 saturated carbocycles. The van der Waals surface area contributed by atoms with Crippen molar-refractivity contribution in [3.8, 4) is 11.5 Å². The van der Waals surface area contributed by atoms with Crippen LogP contribution in [0.25, 0.3) is 0 Å². The van der Waals surface area contributed by atoms with Crippen molar-refractivity contribution >= 4 is 29.0 Å². The zero-order chi connectivity index (χ0) is 18.4. The second-order valence-corrected chi connectivity index (χ2v) is 6.77. The topological polar surface area (TPSA) is 91.9 Å². The summed E-state index contributed by atoms with van der Waals surface area (Å²) in [5.41, 5.74) is 2.42. The zero-order valence-electron chi connectivity index (χ0n) is 14.4. The quantitative estimate of drug-likeness (QED) is 0.757. The van der Waals surface area contributed by atoms with Crippen LogP contribution in [0.3, 0.4) is 0 Å². The number of fused-ring (bicyclic) bond motifs is 4. The normalized spacial score (nSPS) is 21.9. The lowest BCUT2D eigenvalue weighted by Crippen LogP contribution is -2.44. The van der Waals surface area contributed by atoms with Crippen LogP contribution in [-0.4, -0.2) is 37.4 Å². The Hall–Kier alpha value is -3.42. The number of benzene rings is 2. The molecule has 1 saturated heterocycles. The van der Waals surface area contributed by atoms with Crippen molar-refractivity contribution in [1.82, 2.24) is 5.32 Å². The highest BCUT2D eigenvalue weighted by atomic mass is 16.7. The number of ether oxygens (including phenoxy) is 2. The van der Waals surface area contributed by atoms with E-state index in [4.69, 9.17) is 9.47 Å². The van der Waals surface area contributed by atoms with E-state index in [0.717, 1.165) is 11.4 Å². The van der Waals surface area contributed by atoms with Crippen LogP contribution >= 0.6 is 0 Å². The first kappa shape index (κ1) is 15.8. The molecule has 2 atom stereocenters. The lowest BCUT2D eigenvalue weighted by atomic mass is 10.1. The van der Waals surface area contributed by atoms with E-state index >= 15 is 0 Å². The van der Waals surface area contributed by atoms with Crippen LogP contribution < -0.4 is 30.3 Å². The smallest absolute Gasteiger partial charge is 0.319 e. The number of hydrogen-bond donors (Lipinski definition) is 3. The van der Waals surface area contributed by atoms with Gasteiger partial charge in [-0.05, 0) is 30.7 Å². The van der Waals surface area contributed by atoms with Gasteiger partial charge < -0.3 is 30.3 Å². The van der Waals surface area contributed by atoms with Crippen LogP contribution in [0.15, 0.2) is 42.5 Å². The summed E-state index contributed by atoms with van der Waals surface area (Å²) >= 11 is 0. The van der Waals surface area contributed by atoms with Crippen LogP contribution in [0.1, 0.15) is 6.42 Å². The minimum absolute atomic E-state index is 0.0332. The minimum Gasteiger partial charge on any atom is -0.454 e. The number of carbonyl (C=O) groups is 2. The van der Waals surface area contributed by atoms with Crippen LogP contribution in [0, 0.1) is 0 Å². The van der Waals surface area contributed by atoms with Crippen molar-refractivity contribution in [3.63, 3.8) is 0 Å². The predicted molar refractivity (Wildman–Crippen MR) is 99.3 cm³/mol. The first-order valence-electron chi connectivity index (χ1n) is 8.81. The Bertz CT molecular complexity index is 932. The monoisotopic (exact) mass is 366 g/mol. The number of hydrogen-bond acceptors (Lipinski definition) is 5. The van der Waals surface area contributed by atoms with Gasteiger partial charge in [0.2, 0.25) is 12.7 Å². The molecule has 1 fully saturated rings. The van der Waals surface area contributed by atoms with Gasteiger partial charge in [-0.1, -0.05) is 12.1 Å². The lowest BCUT2D eigenvalue weighted by Gasteiger charge is -2.32. The number of carbonyl (C=O) groups excluding carboxylic acids is 2. The number of anilines is 3. The van der Waals surface area contributed by atoms with Crippen molar-refractivity contribution < 1.29 is 19.1 Å². The predicted octanol–water partition coefficient (Wildman–Crippen LogP) is 2.14. The second kappa shape index (κ2) is 6.08. The SMILES string of the molecule is O=C(Nc1ccc2c(c1)OCO2)NC1CC2C(=O)Nc3ccccc3N2C1. The molecule has 3 aliphatic heterocycles. The summed E-state index contributed by atoms with van der Waals surface area (Å²) in [6.45, 7) is 0.775. The van der Waals surface area contributed by atoms with Crippen molar-refractivity contribution in [3.05, 3.63) is 42.5 Å². The highest BCUT2D eigenvalue weighted by Gasteiger charge is 2.41. The number of nitrogens with zero attached hydrogens (tertiary/aromatic N) is 1. The molecule has 138 valence electrons. The molecule has 0 aromatic heterocycles. The largest absolute Gasteiger partial charge is 0.454 e. The van der Waals surface area contributed by atoms with Crippen LogP contribution in [-0.2, 0) is 4.79 Å². The van der Waals surface area contributed by atoms with Gasteiger partial charge in [0.05, 0.1) is 17.4 Å². The van der Waals surface area contributed by atoms with Crippen molar-refractivity contribution in [2.45, 2.75) is 18.5 Å². The van der Waals surface area contributed by atoms with Crippen LogP contribution in [0.4, 0.5) is 21.9 Å². The molecule has 5 rings (SSSR count). The maximum absolute atomic E-state index is 12.4. The molecule has 3 N–H and O–H groups in total. The van der Waals surface area contributed by atoms with Crippen LogP contribution in [0.5, 0.6) is 11.5 Å². The summed E-state index contributed by atoms with van der Waals surface area (Å²) < 4.78 is 10.6. The molecule has 27 heavy (non-hydrogen) atoms. The number of nitrogens with one attached hydrogen (secondary N) is 3. The van der Waals surface area contributed by atoms with Crippen LogP contribution in [0.2, 0.25) is 0 Å². The van der Waals surface area contributed by atoms with E-state index in [9.17, 15) is 9.59 Å².